The van der Waals surface area contributed by atoms with Crippen LogP contribution in [0, 0.1) is 5.82 Å². The Labute approximate surface area is 232 Å². The van der Waals surface area contributed by atoms with E-state index in [0.717, 1.165) is 38.8 Å². The Kier molecular flexibility index (Phi) is 8.40. The van der Waals surface area contributed by atoms with Crippen molar-refractivity contribution in [1.29, 1.82) is 0 Å². The smallest absolute Gasteiger partial charge is 0.271 e. The van der Waals surface area contributed by atoms with E-state index < -0.39 is 5.91 Å². The summed E-state index contributed by atoms with van der Waals surface area (Å²) in [6.07, 6.45) is 4.93. The van der Waals surface area contributed by atoms with E-state index in [9.17, 15) is 9.59 Å². The zero-order valence-electron chi connectivity index (χ0n) is 22.5. The molecule has 2 amide bonds. The van der Waals surface area contributed by atoms with E-state index >= 15 is 4.39 Å². The van der Waals surface area contributed by atoms with Crippen molar-refractivity contribution in [2.75, 3.05) is 43.5 Å². The molecule has 0 spiro atoms. The fourth-order valence-electron chi connectivity index (χ4n) is 5.32. The van der Waals surface area contributed by atoms with Gasteiger partial charge in [0.25, 0.3) is 11.8 Å². The lowest BCUT2D eigenvalue weighted by Gasteiger charge is -2.34. The molecule has 2 aliphatic heterocycles. The highest BCUT2D eigenvalue weighted by Crippen LogP contribution is 2.30. The van der Waals surface area contributed by atoms with Gasteiger partial charge in [0.1, 0.15) is 17.4 Å². The number of carbonyl (C=O) groups is 2. The number of nitrogens with two attached hydrogens (primary N) is 1. The molecule has 10 nitrogen and oxygen atoms in total. The highest BCUT2D eigenvalue weighted by atomic mass is 19.1. The van der Waals surface area contributed by atoms with Crippen LogP contribution in [-0.4, -0.2) is 61.1 Å². The van der Waals surface area contributed by atoms with Crippen LogP contribution in [-0.2, 0) is 0 Å². The van der Waals surface area contributed by atoms with Crippen molar-refractivity contribution >= 4 is 29.1 Å². The van der Waals surface area contributed by atoms with Gasteiger partial charge in [-0.15, -0.1) is 0 Å². The lowest BCUT2D eigenvalue weighted by atomic mass is 9.90. The van der Waals surface area contributed by atoms with E-state index in [0.29, 0.717) is 41.5 Å². The molecule has 1 aromatic heterocycles. The Morgan fingerprint density at radius 2 is 1.90 bits per heavy atom. The van der Waals surface area contributed by atoms with E-state index in [1.807, 2.05) is 4.90 Å². The van der Waals surface area contributed by atoms with Gasteiger partial charge in [-0.3, -0.25) is 9.59 Å². The standard InChI is InChI=1S/C29H34FN7O3/c1-40-22-7-4-19(5-8-22)29(39)35-21-3-2-14-37(17-21)25-16-33-26(27(31)38)28(36-25)34-20-6-9-23(24(30)15-20)18-10-12-32-13-11-18/h4-9,15-16,18,21,32H,2-3,10-14,17H2,1H3,(H2,31,38)(H,34,36)(H,35,39). The lowest BCUT2D eigenvalue weighted by molar-refractivity contribution is 0.0931. The predicted octanol–water partition coefficient (Wildman–Crippen LogP) is 3.33. The number of halogens is 1. The van der Waals surface area contributed by atoms with Crippen molar-refractivity contribution in [2.45, 2.75) is 37.6 Å². The summed E-state index contributed by atoms with van der Waals surface area (Å²) in [7, 11) is 1.58. The molecule has 11 heteroatoms. The second-order valence-corrected chi connectivity index (χ2v) is 10.2. The van der Waals surface area contributed by atoms with Gasteiger partial charge < -0.3 is 31.3 Å². The van der Waals surface area contributed by atoms with Gasteiger partial charge >= 0.3 is 0 Å². The van der Waals surface area contributed by atoms with E-state index in [2.05, 4.69) is 25.9 Å². The minimum absolute atomic E-state index is 0.0343. The maximum atomic E-state index is 15.0. The summed E-state index contributed by atoms with van der Waals surface area (Å²) in [5, 5.41) is 9.43. The summed E-state index contributed by atoms with van der Waals surface area (Å²) in [5.41, 5.74) is 7.23. The number of benzene rings is 2. The Bertz CT molecular complexity index is 1360. The monoisotopic (exact) mass is 547 g/mol. The summed E-state index contributed by atoms with van der Waals surface area (Å²) in [6.45, 7) is 2.97. The Morgan fingerprint density at radius 1 is 1.12 bits per heavy atom. The van der Waals surface area contributed by atoms with E-state index in [1.54, 1.807) is 43.5 Å². The quantitative estimate of drug-likeness (QED) is 0.337. The third-order valence-corrected chi connectivity index (χ3v) is 7.47. The number of hydrogen-bond acceptors (Lipinski definition) is 8. The molecule has 0 bridgehead atoms. The van der Waals surface area contributed by atoms with Crippen LogP contribution in [0.4, 0.5) is 21.7 Å². The van der Waals surface area contributed by atoms with E-state index in [-0.39, 0.29) is 35.2 Å². The zero-order chi connectivity index (χ0) is 28.1. The van der Waals surface area contributed by atoms with Crippen LogP contribution in [0.5, 0.6) is 5.75 Å². The SMILES string of the molecule is COc1ccc(C(=O)NC2CCCN(c3cnc(C(N)=O)c(Nc4ccc(C5CCNCC5)c(F)c4)n3)C2)cc1. The lowest BCUT2D eigenvalue weighted by Crippen LogP contribution is -2.48. The molecule has 2 fully saturated rings. The van der Waals surface area contributed by atoms with Crippen molar-refractivity contribution < 1.29 is 18.7 Å². The maximum Gasteiger partial charge on any atom is 0.271 e. The molecule has 2 aliphatic rings. The molecular formula is C29H34FN7O3. The average molecular weight is 548 g/mol. The molecule has 3 heterocycles. The van der Waals surface area contributed by atoms with Gasteiger partial charge in [0.2, 0.25) is 0 Å². The van der Waals surface area contributed by atoms with Crippen LogP contribution in [0.3, 0.4) is 0 Å². The van der Waals surface area contributed by atoms with Crippen molar-refractivity contribution in [3.8, 4) is 5.75 Å². The number of methoxy groups -OCH3 is 1. The van der Waals surface area contributed by atoms with E-state index in [4.69, 9.17) is 10.5 Å². The first-order valence-corrected chi connectivity index (χ1v) is 13.5. The minimum atomic E-state index is -0.739. The van der Waals surface area contributed by atoms with Crippen molar-refractivity contribution in [3.63, 3.8) is 0 Å². The zero-order valence-corrected chi connectivity index (χ0v) is 22.5. The molecule has 40 heavy (non-hydrogen) atoms. The molecule has 0 aliphatic carbocycles. The normalized spacial score (nSPS) is 17.8. The van der Waals surface area contributed by atoms with Crippen molar-refractivity contribution in [2.24, 2.45) is 5.73 Å². The summed E-state index contributed by atoms with van der Waals surface area (Å²) in [6, 6.07) is 11.8. The number of anilines is 3. The Morgan fingerprint density at radius 3 is 2.60 bits per heavy atom. The van der Waals surface area contributed by atoms with Crippen molar-refractivity contribution in [1.82, 2.24) is 20.6 Å². The first-order valence-electron chi connectivity index (χ1n) is 13.5. The second kappa shape index (κ2) is 12.3. The number of hydrogen-bond donors (Lipinski definition) is 4. The molecule has 0 saturated carbocycles. The topological polar surface area (TPSA) is 134 Å². The van der Waals surface area contributed by atoms with Gasteiger partial charge in [-0.25, -0.2) is 14.4 Å². The fourth-order valence-corrected chi connectivity index (χ4v) is 5.32. The third kappa shape index (κ3) is 6.31. The molecule has 2 aromatic carbocycles. The summed E-state index contributed by atoms with van der Waals surface area (Å²) in [4.78, 5) is 35.8. The van der Waals surface area contributed by atoms with E-state index in [1.165, 1.54) is 12.3 Å². The molecule has 210 valence electrons. The average Bonchev–Trinajstić information content (AvgIpc) is 2.97. The summed E-state index contributed by atoms with van der Waals surface area (Å²) >= 11 is 0. The van der Waals surface area contributed by atoms with Crippen LogP contribution < -0.4 is 31.3 Å². The van der Waals surface area contributed by atoms with Crippen LogP contribution in [0.25, 0.3) is 0 Å². The number of aromatic nitrogens is 2. The molecule has 1 unspecified atom stereocenters. The number of rotatable bonds is 8. The summed E-state index contributed by atoms with van der Waals surface area (Å²) < 4.78 is 20.2. The highest BCUT2D eigenvalue weighted by molar-refractivity contribution is 5.96. The van der Waals surface area contributed by atoms with Gasteiger partial charge in [-0.1, -0.05) is 6.07 Å². The first kappa shape index (κ1) is 27.3. The number of amides is 2. The Hall–Kier alpha value is -4.25. The van der Waals surface area contributed by atoms with Gasteiger partial charge in [0, 0.05) is 30.4 Å². The maximum absolute atomic E-state index is 15.0. The molecule has 5 rings (SSSR count). The Balaban J connectivity index is 1.30. The van der Waals surface area contributed by atoms with Gasteiger partial charge in [0.15, 0.2) is 11.5 Å². The number of piperidine rings is 2. The van der Waals surface area contributed by atoms with Gasteiger partial charge in [-0.2, -0.15) is 0 Å². The molecule has 3 aromatic rings. The number of ether oxygens (including phenoxy) is 1. The number of carbonyl (C=O) groups excluding carboxylic acids is 2. The molecule has 5 N–H and O–H groups in total. The predicted molar refractivity (Wildman–Crippen MR) is 151 cm³/mol. The fraction of sp³-hybridized carbons (Fsp3) is 0.379. The van der Waals surface area contributed by atoms with Crippen LogP contribution in [0.2, 0.25) is 0 Å². The van der Waals surface area contributed by atoms with Gasteiger partial charge in [0.05, 0.1) is 13.3 Å². The third-order valence-electron chi connectivity index (χ3n) is 7.47. The molecule has 0 radical (unpaired) electrons. The van der Waals surface area contributed by atoms with Crippen molar-refractivity contribution in [3.05, 3.63) is 71.3 Å². The molecular weight excluding hydrogens is 513 g/mol. The number of nitrogens with zero attached hydrogens (tertiary/aromatic N) is 3. The molecule has 2 saturated heterocycles. The minimum Gasteiger partial charge on any atom is -0.497 e. The first-order chi connectivity index (χ1) is 19.4. The highest BCUT2D eigenvalue weighted by Gasteiger charge is 2.25. The summed E-state index contributed by atoms with van der Waals surface area (Å²) in [5.74, 6) is 0.345. The van der Waals surface area contributed by atoms with Crippen LogP contribution in [0.15, 0.2) is 48.7 Å². The number of nitrogens with one attached hydrogen (secondary N) is 3. The second-order valence-electron chi connectivity index (χ2n) is 10.2. The molecule has 1 atom stereocenters. The van der Waals surface area contributed by atoms with Crippen LogP contribution >= 0.6 is 0 Å². The van der Waals surface area contributed by atoms with Crippen LogP contribution in [0.1, 0.15) is 58.0 Å². The largest absolute Gasteiger partial charge is 0.497 e. The number of primary amides is 1. The van der Waals surface area contributed by atoms with Gasteiger partial charge in [-0.05, 0) is 86.7 Å².